The molecule has 0 spiro atoms. The average Bonchev–Trinajstić information content (AvgIpc) is 2.41. The zero-order valence-electron chi connectivity index (χ0n) is 12.3. The van der Waals surface area contributed by atoms with Crippen molar-refractivity contribution in [1.82, 2.24) is 5.32 Å². The topological polar surface area (TPSA) is 38.3 Å². The molecule has 0 aliphatic carbocycles. The molecule has 1 aromatic rings. The molecule has 1 aromatic carbocycles. The maximum Gasteiger partial charge on any atom is 0.330 e. The third kappa shape index (κ3) is 3.79. The van der Waals surface area contributed by atoms with E-state index in [1.54, 1.807) is 26.0 Å². The number of rotatable bonds is 6. The van der Waals surface area contributed by atoms with E-state index in [4.69, 9.17) is 4.74 Å². The molecule has 0 bridgehead atoms. The molecule has 1 N–H and O–H groups in total. The van der Waals surface area contributed by atoms with Crippen molar-refractivity contribution >= 4 is 21.9 Å². The lowest BCUT2D eigenvalue weighted by atomic mass is 9.90. The summed E-state index contributed by atoms with van der Waals surface area (Å²) in [4.78, 5) is 12.3. The molecule has 2 unspecified atom stereocenters. The van der Waals surface area contributed by atoms with E-state index in [0.717, 1.165) is 6.42 Å². The minimum absolute atomic E-state index is 0.133. The second kappa shape index (κ2) is 7.18. The number of benzene rings is 1. The third-order valence-electron chi connectivity index (χ3n) is 3.33. The lowest BCUT2D eigenvalue weighted by Crippen LogP contribution is -2.51. The smallest absolute Gasteiger partial charge is 0.330 e. The monoisotopic (exact) mass is 345 g/mol. The minimum Gasteiger partial charge on any atom is -0.464 e. The average molecular weight is 346 g/mol. The Hall–Kier alpha value is -0.940. The molecule has 0 aromatic heterocycles. The molecule has 3 nitrogen and oxygen atoms in total. The summed E-state index contributed by atoms with van der Waals surface area (Å²) in [6.07, 6.45) is 0.872. The quantitative estimate of drug-likeness (QED) is 0.798. The number of carbonyl (C=O) groups is 1. The van der Waals surface area contributed by atoms with Gasteiger partial charge in [0.25, 0.3) is 0 Å². The van der Waals surface area contributed by atoms with Crippen molar-refractivity contribution in [1.29, 1.82) is 0 Å². The van der Waals surface area contributed by atoms with Gasteiger partial charge in [-0.15, -0.1) is 0 Å². The van der Waals surface area contributed by atoms with Crippen LogP contribution in [0, 0.1) is 5.82 Å². The van der Waals surface area contributed by atoms with E-state index in [0.29, 0.717) is 16.6 Å². The molecule has 112 valence electrons. The standard InChI is InChI=1S/C15H21BrFNO2/c1-5-10(3)18-15(4,14(19)20-6-2)11-7-8-13(17)12(16)9-11/h7-10,18H,5-6H2,1-4H3. The van der Waals surface area contributed by atoms with Gasteiger partial charge in [-0.05, 0) is 60.8 Å². The van der Waals surface area contributed by atoms with Crippen molar-refractivity contribution < 1.29 is 13.9 Å². The second-order valence-corrected chi connectivity index (χ2v) is 5.78. The van der Waals surface area contributed by atoms with Gasteiger partial charge in [0, 0.05) is 6.04 Å². The van der Waals surface area contributed by atoms with Crippen LogP contribution in [0.25, 0.3) is 0 Å². The summed E-state index contributed by atoms with van der Waals surface area (Å²) in [5, 5.41) is 3.27. The highest BCUT2D eigenvalue weighted by Gasteiger charge is 2.37. The fourth-order valence-corrected chi connectivity index (χ4v) is 2.32. The van der Waals surface area contributed by atoms with E-state index in [-0.39, 0.29) is 17.8 Å². The van der Waals surface area contributed by atoms with Crippen LogP contribution >= 0.6 is 15.9 Å². The Labute approximate surface area is 128 Å². The second-order valence-electron chi connectivity index (χ2n) is 4.93. The van der Waals surface area contributed by atoms with Crippen molar-refractivity contribution in [3.05, 3.63) is 34.1 Å². The largest absolute Gasteiger partial charge is 0.464 e. The van der Waals surface area contributed by atoms with E-state index >= 15 is 0 Å². The van der Waals surface area contributed by atoms with E-state index in [2.05, 4.69) is 21.2 Å². The van der Waals surface area contributed by atoms with Gasteiger partial charge in [-0.3, -0.25) is 5.32 Å². The third-order valence-corrected chi connectivity index (χ3v) is 3.94. The fraction of sp³-hybridized carbons (Fsp3) is 0.533. The van der Waals surface area contributed by atoms with Crippen molar-refractivity contribution in [3.8, 4) is 0 Å². The number of halogens is 2. The van der Waals surface area contributed by atoms with Gasteiger partial charge in [0.15, 0.2) is 0 Å². The highest BCUT2D eigenvalue weighted by Crippen LogP contribution is 2.28. The molecule has 0 aliphatic heterocycles. The SMILES string of the molecule is CCOC(=O)C(C)(NC(C)CC)c1ccc(F)c(Br)c1. The molecule has 0 aliphatic rings. The molecular weight excluding hydrogens is 325 g/mol. The summed E-state index contributed by atoms with van der Waals surface area (Å²) in [5.41, 5.74) is -0.327. The van der Waals surface area contributed by atoms with Crippen molar-refractivity contribution in [2.75, 3.05) is 6.61 Å². The lowest BCUT2D eigenvalue weighted by Gasteiger charge is -2.32. The van der Waals surface area contributed by atoms with Gasteiger partial charge in [0.1, 0.15) is 11.4 Å². The molecule has 0 saturated carbocycles. The van der Waals surface area contributed by atoms with Crippen LogP contribution in [-0.2, 0) is 15.1 Å². The van der Waals surface area contributed by atoms with Crippen LogP contribution in [0.1, 0.15) is 39.7 Å². The van der Waals surface area contributed by atoms with Crippen LogP contribution in [-0.4, -0.2) is 18.6 Å². The van der Waals surface area contributed by atoms with E-state index in [1.807, 2.05) is 13.8 Å². The van der Waals surface area contributed by atoms with Crippen LogP contribution in [0.4, 0.5) is 4.39 Å². The zero-order chi connectivity index (χ0) is 15.3. The summed E-state index contributed by atoms with van der Waals surface area (Å²) in [6.45, 7) is 7.86. The number of carbonyl (C=O) groups excluding carboxylic acids is 1. The Morgan fingerprint density at radius 1 is 1.50 bits per heavy atom. The summed E-state index contributed by atoms with van der Waals surface area (Å²) in [6, 6.07) is 4.69. The normalized spacial score (nSPS) is 15.5. The highest BCUT2D eigenvalue weighted by molar-refractivity contribution is 9.10. The van der Waals surface area contributed by atoms with Crippen molar-refractivity contribution in [2.24, 2.45) is 0 Å². The molecule has 20 heavy (non-hydrogen) atoms. The molecule has 0 fully saturated rings. The minimum atomic E-state index is -0.998. The number of ether oxygens (including phenoxy) is 1. The number of hydrogen-bond acceptors (Lipinski definition) is 3. The van der Waals surface area contributed by atoms with Crippen LogP contribution in [0.15, 0.2) is 22.7 Å². The molecule has 0 amide bonds. The van der Waals surface area contributed by atoms with Gasteiger partial charge in [-0.1, -0.05) is 13.0 Å². The van der Waals surface area contributed by atoms with Crippen LogP contribution in [0.5, 0.6) is 0 Å². The predicted octanol–water partition coefficient (Wildman–Crippen LogP) is 3.75. The van der Waals surface area contributed by atoms with Gasteiger partial charge < -0.3 is 4.74 Å². The zero-order valence-corrected chi connectivity index (χ0v) is 13.9. The first-order valence-corrected chi connectivity index (χ1v) is 7.54. The predicted molar refractivity (Wildman–Crippen MR) is 81.0 cm³/mol. The van der Waals surface area contributed by atoms with Gasteiger partial charge in [0.2, 0.25) is 0 Å². The Kier molecular flexibility index (Phi) is 6.14. The summed E-state index contributed by atoms with van der Waals surface area (Å²) < 4.78 is 18.9. The van der Waals surface area contributed by atoms with E-state index in [9.17, 15) is 9.18 Å². The number of esters is 1. The first-order chi connectivity index (χ1) is 9.35. The lowest BCUT2D eigenvalue weighted by molar-refractivity contribution is -0.151. The van der Waals surface area contributed by atoms with Gasteiger partial charge in [-0.2, -0.15) is 0 Å². The first-order valence-electron chi connectivity index (χ1n) is 6.75. The van der Waals surface area contributed by atoms with Crippen LogP contribution in [0.2, 0.25) is 0 Å². The van der Waals surface area contributed by atoms with Crippen LogP contribution in [0.3, 0.4) is 0 Å². The number of hydrogen-bond donors (Lipinski definition) is 1. The Morgan fingerprint density at radius 3 is 2.65 bits per heavy atom. The van der Waals surface area contributed by atoms with Crippen LogP contribution < -0.4 is 5.32 Å². The molecule has 2 atom stereocenters. The molecule has 0 radical (unpaired) electrons. The summed E-state index contributed by atoms with van der Waals surface area (Å²) in [7, 11) is 0. The summed E-state index contributed by atoms with van der Waals surface area (Å²) in [5.74, 6) is -0.720. The van der Waals surface area contributed by atoms with E-state index in [1.165, 1.54) is 6.07 Å². The molecular formula is C15H21BrFNO2. The molecule has 0 saturated heterocycles. The summed E-state index contributed by atoms with van der Waals surface area (Å²) >= 11 is 3.16. The maximum atomic E-state index is 13.4. The Balaban J connectivity index is 3.21. The van der Waals surface area contributed by atoms with Crippen molar-refractivity contribution in [3.63, 3.8) is 0 Å². The first kappa shape index (κ1) is 17.1. The number of nitrogens with one attached hydrogen (secondary N) is 1. The maximum absolute atomic E-state index is 13.4. The van der Waals surface area contributed by atoms with Gasteiger partial charge in [-0.25, -0.2) is 9.18 Å². The molecule has 0 heterocycles. The fourth-order valence-electron chi connectivity index (χ4n) is 1.94. The Bertz CT molecular complexity index is 481. The Morgan fingerprint density at radius 2 is 2.15 bits per heavy atom. The molecule has 5 heteroatoms. The van der Waals surface area contributed by atoms with Gasteiger partial charge >= 0.3 is 5.97 Å². The van der Waals surface area contributed by atoms with Gasteiger partial charge in [0.05, 0.1) is 11.1 Å². The van der Waals surface area contributed by atoms with E-state index < -0.39 is 5.54 Å². The highest BCUT2D eigenvalue weighted by atomic mass is 79.9. The molecule has 1 rings (SSSR count). The van der Waals surface area contributed by atoms with Crippen molar-refractivity contribution in [2.45, 2.75) is 45.7 Å².